The zero-order chi connectivity index (χ0) is 12.0. The second kappa shape index (κ2) is 6.86. The smallest absolute Gasteiger partial charge is 0.307 e. The molecule has 0 aliphatic carbocycles. The summed E-state index contributed by atoms with van der Waals surface area (Å²) in [5, 5.41) is 3.31. The summed E-state index contributed by atoms with van der Waals surface area (Å²) in [4.78, 5) is 13.8. The van der Waals surface area contributed by atoms with Crippen LogP contribution in [-0.4, -0.2) is 49.7 Å². The molecule has 0 radical (unpaired) electrons. The molecule has 0 aromatic rings. The van der Waals surface area contributed by atoms with Crippen LogP contribution in [0.3, 0.4) is 0 Å². The van der Waals surface area contributed by atoms with E-state index in [4.69, 9.17) is 4.74 Å². The molecule has 1 aliphatic heterocycles. The number of hydrogen-bond donors (Lipinski definition) is 1. The number of nitrogens with one attached hydrogen (secondary N) is 1. The highest BCUT2D eigenvalue weighted by Crippen LogP contribution is 2.14. The maximum absolute atomic E-state index is 11.4. The number of piperidine rings is 1. The zero-order valence-electron chi connectivity index (χ0n) is 10.7. The van der Waals surface area contributed by atoms with Crippen LogP contribution in [0.25, 0.3) is 0 Å². The van der Waals surface area contributed by atoms with Crippen molar-refractivity contribution in [3.05, 3.63) is 0 Å². The number of carbonyl (C=O) groups is 1. The van der Waals surface area contributed by atoms with E-state index in [1.54, 1.807) is 0 Å². The minimum Gasteiger partial charge on any atom is -0.466 e. The van der Waals surface area contributed by atoms with E-state index < -0.39 is 0 Å². The predicted molar refractivity (Wildman–Crippen MR) is 64.4 cm³/mol. The van der Waals surface area contributed by atoms with Crippen molar-refractivity contribution < 1.29 is 9.53 Å². The molecule has 16 heavy (non-hydrogen) atoms. The third kappa shape index (κ3) is 4.10. The summed E-state index contributed by atoms with van der Waals surface area (Å²) in [5.74, 6) is -0.0819. The van der Waals surface area contributed by atoms with Crippen molar-refractivity contribution in [3.63, 3.8) is 0 Å². The Kier molecular flexibility index (Phi) is 5.77. The number of hydrogen-bond acceptors (Lipinski definition) is 4. The van der Waals surface area contributed by atoms with E-state index in [-0.39, 0.29) is 12.0 Å². The van der Waals surface area contributed by atoms with Crippen molar-refractivity contribution >= 4 is 5.97 Å². The number of carbonyl (C=O) groups excluding carboxylic acids is 1. The van der Waals surface area contributed by atoms with Crippen molar-refractivity contribution in [2.24, 2.45) is 0 Å². The van der Waals surface area contributed by atoms with Crippen LogP contribution in [-0.2, 0) is 9.53 Å². The van der Waals surface area contributed by atoms with E-state index in [1.165, 1.54) is 12.8 Å². The Morgan fingerprint density at radius 2 is 2.38 bits per heavy atom. The lowest BCUT2D eigenvalue weighted by Gasteiger charge is -2.36. The third-order valence-corrected chi connectivity index (χ3v) is 3.25. The highest BCUT2D eigenvalue weighted by Gasteiger charge is 2.24. The van der Waals surface area contributed by atoms with Crippen LogP contribution in [0.5, 0.6) is 0 Å². The lowest BCUT2D eigenvalue weighted by molar-refractivity contribution is -0.144. The summed E-state index contributed by atoms with van der Waals surface area (Å²) in [5.41, 5.74) is 0. The molecule has 0 amide bonds. The van der Waals surface area contributed by atoms with Gasteiger partial charge in [-0.1, -0.05) is 0 Å². The molecule has 1 heterocycles. The first-order valence-corrected chi connectivity index (χ1v) is 6.24. The third-order valence-electron chi connectivity index (χ3n) is 3.25. The number of rotatable bonds is 5. The molecule has 2 atom stereocenters. The van der Waals surface area contributed by atoms with E-state index in [0.29, 0.717) is 19.1 Å². The summed E-state index contributed by atoms with van der Waals surface area (Å²) in [6.07, 6.45) is 2.95. The summed E-state index contributed by atoms with van der Waals surface area (Å²) < 4.78 is 4.98. The fraction of sp³-hybridized carbons (Fsp3) is 0.917. The van der Waals surface area contributed by atoms with E-state index in [0.717, 1.165) is 13.1 Å². The number of esters is 1. The van der Waals surface area contributed by atoms with E-state index >= 15 is 0 Å². The van der Waals surface area contributed by atoms with Gasteiger partial charge in [-0.3, -0.25) is 9.69 Å². The summed E-state index contributed by atoms with van der Waals surface area (Å²) in [7, 11) is 2.00. The SMILES string of the molecule is CCOC(=O)CC(C)N1CCCC(NC)C1. The highest BCUT2D eigenvalue weighted by molar-refractivity contribution is 5.70. The van der Waals surface area contributed by atoms with Crippen molar-refractivity contribution in [2.45, 2.75) is 45.2 Å². The Hall–Kier alpha value is -0.610. The molecular weight excluding hydrogens is 204 g/mol. The van der Waals surface area contributed by atoms with Gasteiger partial charge in [0.2, 0.25) is 0 Å². The quantitative estimate of drug-likeness (QED) is 0.713. The van der Waals surface area contributed by atoms with Crippen LogP contribution >= 0.6 is 0 Å². The van der Waals surface area contributed by atoms with Crippen LogP contribution < -0.4 is 5.32 Å². The van der Waals surface area contributed by atoms with Gasteiger partial charge in [-0.2, -0.15) is 0 Å². The average Bonchev–Trinajstić information content (AvgIpc) is 2.29. The number of likely N-dealkylation sites (tertiary alicyclic amines) is 1. The van der Waals surface area contributed by atoms with Gasteiger partial charge in [0.25, 0.3) is 0 Å². The molecular formula is C12H24N2O2. The summed E-state index contributed by atoms with van der Waals surface area (Å²) in [6, 6.07) is 0.855. The largest absolute Gasteiger partial charge is 0.466 e. The van der Waals surface area contributed by atoms with E-state index in [2.05, 4.69) is 17.1 Å². The molecule has 2 unspecified atom stereocenters. The molecule has 0 aromatic heterocycles. The van der Waals surface area contributed by atoms with Gasteiger partial charge in [-0.15, -0.1) is 0 Å². The Labute approximate surface area is 98.3 Å². The first-order chi connectivity index (χ1) is 7.67. The summed E-state index contributed by atoms with van der Waals surface area (Å²) in [6.45, 7) is 6.57. The fourth-order valence-electron chi connectivity index (χ4n) is 2.23. The number of ether oxygens (including phenoxy) is 1. The maximum Gasteiger partial charge on any atom is 0.307 e. The molecule has 4 nitrogen and oxygen atoms in total. The highest BCUT2D eigenvalue weighted by atomic mass is 16.5. The molecule has 0 spiro atoms. The Balaban J connectivity index is 2.34. The molecule has 0 bridgehead atoms. The predicted octanol–water partition coefficient (Wildman–Crippen LogP) is 1.01. The normalized spacial score (nSPS) is 24.1. The standard InChI is InChI=1S/C12H24N2O2/c1-4-16-12(15)8-10(2)14-7-5-6-11(9-14)13-3/h10-11,13H,4-9H2,1-3H3. The van der Waals surface area contributed by atoms with Gasteiger partial charge in [0.05, 0.1) is 13.0 Å². The molecule has 94 valence electrons. The topological polar surface area (TPSA) is 41.6 Å². The number of likely N-dealkylation sites (N-methyl/N-ethyl adjacent to an activating group) is 1. The van der Waals surface area contributed by atoms with Crippen LogP contribution in [0.15, 0.2) is 0 Å². The van der Waals surface area contributed by atoms with Crippen LogP contribution in [0.4, 0.5) is 0 Å². The second-order valence-electron chi connectivity index (χ2n) is 4.48. The Morgan fingerprint density at radius 3 is 3.00 bits per heavy atom. The molecule has 1 aliphatic rings. The Morgan fingerprint density at radius 1 is 1.62 bits per heavy atom. The molecule has 0 aromatic carbocycles. The van der Waals surface area contributed by atoms with E-state index in [9.17, 15) is 4.79 Å². The lowest BCUT2D eigenvalue weighted by Crippen LogP contribution is -2.48. The first-order valence-electron chi connectivity index (χ1n) is 6.24. The fourth-order valence-corrected chi connectivity index (χ4v) is 2.23. The molecule has 1 N–H and O–H groups in total. The zero-order valence-corrected chi connectivity index (χ0v) is 10.7. The maximum atomic E-state index is 11.4. The van der Waals surface area contributed by atoms with Crippen LogP contribution in [0.1, 0.15) is 33.1 Å². The molecule has 4 heteroatoms. The molecule has 1 saturated heterocycles. The van der Waals surface area contributed by atoms with Gasteiger partial charge >= 0.3 is 5.97 Å². The van der Waals surface area contributed by atoms with E-state index in [1.807, 2.05) is 14.0 Å². The Bertz CT molecular complexity index is 221. The van der Waals surface area contributed by atoms with Crippen molar-refractivity contribution in [1.82, 2.24) is 10.2 Å². The molecule has 1 fully saturated rings. The summed E-state index contributed by atoms with van der Waals surface area (Å²) >= 11 is 0. The van der Waals surface area contributed by atoms with Crippen molar-refractivity contribution in [3.8, 4) is 0 Å². The van der Waals surface area contributed by atoms with Crippen molar-refractivity contribution in [1.29, 1.82) is 0 Å². The van der Waals surface area contributed by atoms with Gasteiger partial charge in [0.15, 0.2) is 0 Å². The van der Waals surface area contributed by atoms with Gasteiger partial charge in [-0.25, -0.2) is 0 Å². The lowest BCUT2D eigenvalue weighted by atomic mass is 10.0. The molecule has 1 rings (SSSR count). The monoisotopic (exact) mass is 228 g/mol. The minimum absolute atomic E-state index is 0.0819. The molecule has 0 saturated carbocycles. The average molecular weight is 228 g/mol. The van der Waals surface area contributed by atoms with Gasteiger partial charge < -0.3 is 10.1 Å². The van der Waals surface area contributed by atoms with Crippen molar-refractivity contribution in [2.75, 3.05) is 26.7 Å². The minimum atomic E-state index is -0.0819. The van der Waals surface area contributed by atoms with Gasteiger partial charge in [0.1, 0.15) is 0 Å². The second-order valence-corrected chi connectivity index (χ2v) is 4.48. The van der Waals surface area contributed by atoms with Gasteiger partial charge in [-0.05, 0) is 40.3 Å². The van der Waals surface area contributed by atoms with Crippen LogP contribution in [0, 0.1) is 0 Å². The van der Waals surface area contributed by atoms with Crippen LogP contribution in [0.2, 0.25) is 0 Å². The first kappa shape index (κ1) is 13.5. The van der Waals surface area contributed by atoms with Gasteiger partial charge in [0, 0.05) is 18.6 Å². The number of nitrogens with zero attached hydrogens (tertiary/aromatic N) is 1.